The molecule has 0 amide bonds. The molecule has 0 heteroatoms. The van der Waals surface area contributed by atoms with Gasteiger partial charge in [-0.3, -0.25) is 0 Å². The maximum Gasteiger partial charge on any atom is -0.0139 e. The van der Waals surface area contributed by atoms with Gasteiger partial charge in [0.1, 0.15) is 0 Å². The van der Waals surface area contributed by atoms with Crippen LogP contribution in [-0.4, -0.2) is 0 Å². The van der Waals surface area contributed by atoms with E-state index in [-0.39, 0.29) is 0 Å². The molecule has 3 rings (SSSR count). The molecular formula is C16H24. The highest BCUT2D eigenvalue weighted by Crippen LogP contribution is 2.51. The summed E-state index contributed by atoms with van der Waals surface area (Å²) in [5.41, 5.74) is 3.95. The van der Waals surface area contributed by atoms with Crippen molar-refractivity contribution in [3.05, 3.63) is 23.3 Å². The molecule has 0 bridgehead atoms. The van der Waals surface area contributed by atoms with Gasteiger partial charge >= 0.3 is 0 Å². The maximum absolute atomic E-state index is 2.59. The summed E-state index contributed by atoms with van der Waals surface area (Å²) in [6.07, 6.45) is 15.1. The van der Waals surface area contributed by atoms with Crippen LogP contribution in [0.3, 0.4) is 0 Å². The Labute approximate surface area is 99.8 Å². The van der Waals surface area contributed by atoms with Gasteiger partial charge in [-0.1, -0.05) is 38.0 Å². The molecule has 0 aromatic rings. The van der Waals surface area contributed by atoms with Gasteiger partial charge < -0.3 is 0 Å². The Morgan fingerprint density at radius 2 is 1.94 bits per heavy atom. The number of fused-ring (bicyclic) bond motifs is 2. The molecule has 3 aliphatic rings. The van der Waals surface area contributed by atoms with Gasteiger partial charge in [-0.25, -0.2) is 0 Å². The smallest absolute Gasteiger partial charge is 0.0139 e. The van der Waals surface area contributed by atoms with Gasteiger partial charge in [-0.2, -0.15) is 0 Å². The van der Waals surface area contributed by atoms with Crippen LogP contribution in [0.4, 0.5) is 0 Å². The van der Waals surface area contributed by atoms with E-state index >= 15 is 0 Å². The van der Waals surface area contributed by atoms with Gasteiger partial charge in [0.05, 0.1) is 0 Å². The van der Waals surface area contributed by atoms with Crippen LogP contribution < -0.4 is 0 Å². The third kappa shape index (κ3) is 1.67. The molecule has 2 unspecified atom stereocenters. The van der Waals surface area contributed by atoms with E-state index < -0.39 is 0 Å². The zero-order chi connectivity index (χ0) is 11.2. The molecule has 0 nitrogen and oxygen atoms in total. The highest BCUT2D eigenvalue weighted by Gasteiger charge is 2.38. The van der Waals surface area contributed by atoms with Crippen LogP contribution in [0.5, 0.6) is 0 Å². The molecule has 88 valence electrons. The fourth-order valence-electron chi connectivity index (χ4n) is 4.12. The molecule has 0 saturated heterocycles. The summed E-state index contributed by atoms with van der Waals surface area (Å²) >= 11 is 0. The average Bonchev–Trinajstić information content (AvgIpc) is 2.27. The minimum atomic E-state index is 0.478. The van der Waals surface area contributed by atoms with Crippen molar-refractivity contribution in [3.63, 3.8) is 0 Å². The molecular weight excluding hydrogens is 192 g/mol. The second kappa shape index (κ2) is 3.75. The van der Waals surface area contributed by atoms with Crippen LogP contribution in [0.1, 0.15) is 58.8 Å². The van der Waals surface area contributed by atoms with Crippen molar-refractivity contribution < 1.29 is 0 Å². The molecule has 0 aliphatic heterocycles. The summed E-state index contributed by atoms with van der Waals surface area (Å²) in [5.74, 6) is 1.83. The zero-order valence-electron chi connectivity index (χ0n) is 10.8. The number of allylic oxidation sites excluding steroid dienone is 4. The Morgan fingerprint density at radius 1 is 1.12 bits per heavy atom. The first-order valence-corrected chi connectivity index (χ1v) is 7.09. The van der Waals surface area contributed by atoms with Gasteiger partial charge in [0, 0.05) is 0 Å². The summed E-state index contributed by atoms with van der Waals surface area (Å²) in [6, 6.07) is 0. The maximum atomic E-state index is 2.59. The van der Waals surface area contributed by atoms with Gasteiger partial charge in [0.15, 0.2) is 0 Å². The van der Waals surface area contributed by atoms with Crippen molar-refractivity contribution in [2.45, 2.75) is 58.8 Å². The highest BCUT2D eigenvalue weighted by atomic mass is 14.4. The normalized spacial score (nSPS) is 36.9. The Balaban J connectivity index is 1.97. The minimum absolute atomic E-state index is 0.478. The van der Waals surface area contributed by atoms with E-state index in [9.17, 15) is 0 Å². The second-order valence-corrected chi connectivity index (χ2v) is 6.64. The molecule has 16 heavy (non-hydrogen) atoms. The van der Waals surface area contributed by atoms with Crippen molar-refractivity contribution in [3.8, 4) is 0 Å². The Bertz CT molecular complexity index is 343. The van der Waals surface area contributed by atoms with E-state index in [1.807, 2.05) is 0 Å². The average molecular weight is 216 g/mol. The summed E-state index contributed by atoms with van der Waals surface area (Å²) < 4.78 is 0. The van der Waals surface area contributed by atoms with E-state index in [4.69, 9.17) is 0 Å². The molecule has 0 aromatic carbocycles. The molecule has 0 aromatic heterocycles. The summed E-state index contributed by atoms with van der Waals surface area (Å²) in [7, 11) is 0. The predicted molar refractivity (Wildman–Crippen MR) is 69.2 cm³/mol. The lowest BCUT2D eigenvalue weighted by atomic mass is 9.61. The molecule has 3 aliphatic carbocycles. The lowest BCUT2D eigenvalue weighted by molar-refractivity contribution is 0.240. The second-order valence-electron chi connectivity index (χ2n) is 6.64. The Hall–Kier alpha value is -0.520. The van der Waals surface area contributed by atoms with E-state index in [0.29, 0.717) is 5.41 Å². The van der Waals surface area contributed by atoms with E-state index in [0.717, 1.165) is 11.8 Å². The Morgan fingerprint density at radius 3 is 2.81 bits per heavy atom. The van der Waals surface area contributed by atoms with Crippen molar-refractivity contribution in [1.82, 2.24) is 0 Å². The number of rotatable bonds is 0. The molecule has 0 heterocycles. The fraction of sp³-hybridized carbons (Fsp3) is 0.750. The van der Waals surface area contributed by atoms with Crippen LogP contribution in [0.25, 0.3) is 0 Å². The monoisotopic (exact) mass is 216 g/mol. The molecule has 0 radical (unpaired) electrons. The number of hydrogen-bond acceptors (Lipinski definition) is 0. The number of hydrogen-bond donors (Lipinski definition) is 0. The lowest BCUT2D eigenvalue weighted by Crippen LogP contribution is -2.31. The molecule has 1 fully saturated rings. The molecule has 2 atom stereocenters. The third-order valence-electron chi connectivity index (χ3n) is 5.08. The predicted octanol–water partition coefficient (Wildman–Crippen LogP) is 4.87. The van der Waals surface area contributed by atoms with E-state index in [1.54, 1.807) is 11.1 Å². The van der Waals surface area contributed by atoms with Gasteiger partial charge in [-0.15, -0.1) is 0 Å². The Kier molecular flexibility index (Phi) is 2.49. The van der Waals surface area contributed by atoms with Crippen molar-refractivity contribution in [2.75, 3.05) is 0 Å². The van der Waals surface area contributed by atoms with E-state index in [1.165, 1.54) is 44.9 Å². The summed E-state index contributed by atoms with van der Waals surface area (Å²) in [5, 5.41) is 0. The largest absolute Gasteiger partial charge is 0.0810 e. The first-order chi connectivity index (χ1) is 7.67. The van der Waals surface area contributed by atoms with Gasteiger partial charge in [-0.05, 0) is 61.3 Å². The molecule has 0 N–H and O–H groups in total. The molecule has 1 saturated carbocycles. The summed E-state index contributed by atoms with van der Waals surface area (Å²) in [6.45, 7) is 4.91. The van der Waals surface area contributed by atoms with Crippen molar-refractivity contribution in [2.24, 2.45) is 17.3 Å². The first-order valence-electron chi connectivity index (χ1n) is 7.09. The summed E-state index contributed by atoms with van der Waals surface area (Å²) in [4.78, 5) is 0. The third-order valence-corrected chi connectivity index (χ3v) is 5.08. The SMILES string of the molecule is CC1(C)CCCC2CC3CCCC=C3C=C21. The standard InChI is InChI=1S/C16H24/c1-16(2)9-5-8-14-10-12-6-3-4-7-13(12)11-15(14)16/h7,11-12,14H,3-6,8-10H2,1-2H3. The molecule has 0 spiro atoms. The minimum Gasteiger partial charge on any atom is -0.0810 e. The van der Waals surface area contributed by atoms with Crippen LogP contribution >= 0.6 is 0 Å². The van der Waals surface area contributed by atoms with Gasteiger partial charge in [0.25, 0.3) is 0 Å². The van der Waals surface area contributed by atoms with Crippen molar-refractivity contribution >= 4 is 0 Å². The topological polar surface area (TPSA) is 0 Å². The fourth-order valence-corrected chi connectivity index (χ4v) is 4.12. The van der Waals surface area contributed by atoms with Crippen LogP contribution in [-0.2, 0) is 0 Å². The zero-order valence-corrected chi connectivity index (χ0v) is 10.8. The van der Waals surface area contributed by atoms with Crippen LogP contribution in [0.15, 0.2) is 23.3 Å². The van der Waals surface area contributed by atoms with E-state index in [2.05, 4.69) is 26.0 Å². The van der Waals surface area contributed by atoms with Crippen LogP contribution in [0.2, 0.25) is 0 Å². The highest BCUT2D eigenvalue weighted by molar-refractivity contribution is 5.36. The van der Waals surface area contributed by atoms with Gasteiger partial charge in [0.2, 0.25) is 0 Å². The van der Waals surface area contributed by atoms with Crippen molar-refractivity contribution in [1.29, 1.82) is 0 Å². The van der Waals surface area contributed by atoms with Crippen LogP contribution in [0, 0.1) is 17.3 Å². The lowest BCUT2D eigenvalue weighted by Gasteiger charge is -2.44. The quantitative estimate of drug-likeness (QED) is 0.542. The first kappa shape index (κ1) is 10.6.